The molecule has 1 nitrogen and oxygen atoms in total. The van der Waals surface area contributed by atoms with Gasteiger partial charge in [-0.1, -0.05) is 40.7 Å². The average Bonchev–Trinajstić information content (AvgIpc) is 2.20. The molecule has 0 saturated heterocycles. The minimum Gasteiger partial charge on any atom is -0.414 e. The van der Waals surface area contributed by atoms with Crippen molar-refractivity contribution in [3.63, 3.8) is 0 Å². The second kappa shape index (κ2) is 6.74. The van der Waals surface area contributed by atoms with Gasteiger partial charge in [-0.2, -0.15) is 0 Å². The third-order valence-corrected chi connectivity index (χ3v) is 8.62. The molecule has 0 aromatic carbocycles. The van der Waals surface area contributed by atoms with Crippen molar-refractivity contribution in [2.24, 2.45) is 5.92 Å². The third-order valence-electron chi connectivity index (χ3n) is 4.12. The molecule has 0 fully saturated rings. The zero-order valence-electron chi connectivity index (χ0n) is 13.0. The van der Waals surface area contributed by atoms with Crippen LogP contribution in [-0.4, -0.2) is 14.4 Å². The van der Waals surface area contributed by atoms with Crippen LogP contribution in [0.4, 0.5) is 0 Å². The van der Waals surface area contributed by atoms with Crippen LogP contribution in [0.25, 0.3) is 0 Å². The van der Waals surface area contributed by atoms with Crippen molar-refractivity contribution in [1.82, 2.24) is 0 Å². The van der Waals surface area contributed by atoms with E-state index < -0.39 is 8.32 Å². The van der Waals surface area contributed by atoms with Crippen molar-refractivity contribution < 1.29 is 4.43 Å². The maximum absolute atomic E-state index is 6.51. The number of hydrogen-bond acceptors (Lipinski definition) is 1. The Bertz CT molecular complexity index is 228. The Hall–Kier alpha value is -0.0831. The highest BCUT2D eigenvalue weighted by molar-refractivity contribution is 6.74. The van der Waals surface area contributed by atoms with Gasteiger partial charge in [0.25, 0.3) is 0 Å². The van der Waals surface area contributed by atoms with Gasteiger partial charge < -0.3 is 4.43 Å². The van der Waals surface area contributed by atoms with Gasteiger partial charge in [0, 0.05) is 6.10 Å². The summed E-state index contributed by atoms with van der Waals surface area (Å²) in [5.74, 6) is 0.632. The van der Waals surface area contributed by atoms with Crippen molar-refractivity contribution in [2.45, 2.75) is 78.1 Å². The normalized spacial score (nSPS) is 16.6. The monoisotopic (exact) mass is 256 g/mol. The molecule has 102 valence electrons. The maximum atomic E-state index is 6.51. The van der Waals surface area contributed by atoms with E-state index in [1.807, 2.05) is 6.08 Å². The van der Waals surface area contributed by atoms with Crippen LogP contribution < -0.4 is 0 Å². The number of hydrogen-bond donors (Lipinski definition) is 0. The highest BCUT2D eigenvalue weighted by Gasteiger charge is 2.39. The molecule has 0 radical (unpaired) electrons. The summed E-state index contributed by atoms with van der Waals surface area (Å²) in [5, 5.41) is 0.304. The fraction of sp³-hybridized carbons (Fsp3) is 0.867. The summed E-state index contributed by atoms with van der Waals surface area (Å²) >= 11 is 0. The van der Waals surface area contributed by atoms with Crippen molar-refractivity contribution in [2.75, 3.05) is 0 Å². The van der Waals surface area contributed by atoms with E-state index in [0.717, 1.165) is 12.8 Å². The Morgan fingerprint density at radius 3 is 2.18 bits per heavy atom. The largest absolute Gasteiger partial charge is 0.414 e. The lowest BCUT2D eigenvalue weighted by Crippen LogP contribution is -2.45. The molecule has 0 aromatic rings. The summed E-state index contributed by atoms with van der Waals surface area (Å²) in [6.07, 6.45) is 5.83. The molecule has 17 heavy (non-hydrogen) atoms. The summed E-state index contributed by atoms with van der Waals surface area (Å²) in [6, 6.07) is 0. The van der Waals surface area contributed by atoms with Crippen LogP contribution in [0.2, 0.25) is 18.1 Å². The molecular weight excluding hydrogens is 224 g/mol. The molecule has 0 unspecified atom stereocenters. The van der Waals surface area contributed by atoms with Crippen LogP contribution in [0.15, 0.2) is 12.7 Å². The second-order valence-electron chi connectivity index (χ2n) is 6.67. The Morgan fingerprint density at radius 1 is 1.29 bits per heavy atom. The lowest BCUT2D eigenvalue weighted by atomic mass is 9.97. The van der Waals surface area contributed by atoms with Crippen molar-refractivity contribution in [3.8, 4) is 0 Å². The second-order valence-corrected chi connectivity index (χ2v) is 11.4. The molecule has 0 bridgehead atoms. The first-order valence-electron chi connectivity index (χ1n) is 6.94. The predicted molar refractivity (Wildman–Crippen MR) is 81.0 cm³/mol. The minimum absolute atomic E-state index is 0.304. The van der Waals surface area contributed by atoms with E-state index in [1.54, 1.807) is 0 Å². The molecule has 2 atom stereocenters. The maximum Gasteiger partial charge on any atom is 0.192 e. The zero-order valence-corrected chi connectivity index (χ0v) is 14.0. The van der Waals surface area contributed by atoms with E-state index in [2.05, 4.69) is 54.3 Å². The van der Waals surface area contributed by atoms with Gasteiger partial charge in [0.1, 0.15) is 0 Å². The molecule has 0 saturated carbocycles. The first kappa shape index (κ1) is 16.9. The Kier molecular flexibility index (Phi) is 6.71. The smallest absolute Gasteiger partial charge is 0.192 e. The van der Waals surface area contributed by atoms with Gasteiger partial charge in [-0.15, -0.1) is 6.58 Å². The predicted octanol–water partition coefficient (Wildman–Crippen LogP) is 5.39. The lowest BCUT2D eigenvalue weighted by Gasteiger charge is -2.40. The molecule has 2 heteroatoms. The minimum atomic E-state index is -1.62. The first-order chi connectivity index (χ1) is 7.65. The van der Waals surface area contributed by atoms with Crippen molar-refractivity contribution in [1.29, 1.82) is 0 Å². The summed E-state index contributed by atoms with van der Waals surface area (Å²) in [6.45, 7) is 20.0. The summed E-state index contributed by atoms with van der Waals surface area (Å²) < 4.78 is 6.51. The van der Waals surface area contributed by atoms with E-state index >= 15 is 0 Å². The molecule has 0 N–H and O–H groups in total. The van der Waals surface area contributed by atoms with Gasteiger partial charge in [-0.25, -0.2) is 0 Å². The third kappa shape index (κ3) is 5.39. The van der Waals surface area contributed by atoms with Crippen molar-refractivity contribution in [3.05, 3.63) is 12.7 Å². The quantitative estimate of drug-likeness (QED) is 0.438. The Balaban J connectivity index is 4.53. The number of allylic oxidation sites excluding steroid dienone is 1. The molecule has 0 spiro atoms. The topological polar surface area (TPSA) is 9.23 Å². The van der Waals surface area contributed by atoms with Gasteiger partial charge in [0.2, 0.25) is 0 Å². The van der Waals surface area contributed by atoms with Gasteiger partial charge >= 0.3 is 0 Å². The van der Waals surface area contributed by atoms with Crippen LogP contribution in [0, 0.1) is 5.92 Å². The summed E-state index contributed by atoms with van der Waals surface area (Å²) in [5.41, 5.74) is 0. The molecule has 0 aromatic heterocycles. The molecule has 0 aliphatic heterocycles. The average molecular weight is 257 g/mol. The number of rotatable bonds is 7. The van der Waals surface area contributed by atoms with E-state index in [-0.39, 0.29) is 0 Å². The Labute approximate surface area is 110 Å². The fourth-order valence-electron chi connectivity index (χ4n) is 1.72. The molecule has 0 heterocycles. The molecule has 0 aliphatic rings. The first-order valence-corrected chi connectivity index (χ1v) is 9.85. The summed E-state index contributed by atoms with van der Waals surface area (Å²) in [4.78, 5) is 0. The van der Waals surface area contributed by atoms with Gasteiger partial charge in [0.05, 0.1) is 0 Å². The fourth-order valence-corrected chi connectivity index (χ4v) is 3.23. The van der Waals surface area contributed by atoms with Crippen LogP contribution in [0.5, 0.6) is 0 Å². The van der Waals surface area contributed by atoms with Crippen LogP contribution >= 0.6 is 0 Å². The molecule has 0 aliphatic carbocycles. The van der Waals surface area contributed by atoms with Crippen LogP contribution in [-0.2, 0) is 4.43 Å². The van der Waals surface area contributed by atoms with E-state index in [1.165, 1.54) is 6.42 Å². The van der Waals surface area contributed by atoms with Crippen LogP contribution in [0.3, 0.4) is 0 Å². The standard InChI is InChI=1S/C15H32OSi/c1-9-11-12-13(3)14(10-2)16-17(7,8)15(4,5)6/h9,13-14H,1,10-12H2,2-8H3/t13-,14-/m1/s1. The molecular formula is C15H32OSi. The van der Waals surface area contributed by atoms with Crippen LogP contribution in [0.1, 0.15) is 53.9 Å². The molecule has 0 amide bonds. The van der Waals surface area contributed by atoms with Gasteiger partial charge in [-0.05, 0) is 43.3 Å². The zero-order chi connectivity index (χ0) is 13.7. The van der Waals surface area contributed by atoms with Gasteiger partial charge in [0.15, 0.2) is 8.32 Å². The lowest BCUT2D eigenvalue weighted by molar-refractivity contribution is 0.117. The highest BCUT2D eigenvalue weighted by Crippen LogP contribution is 2.38. The van der Waals surface area contributed by atoms with E-state index in [0.29, 0.717) is 17.1 Å². The van der Waals surface area contributed by atoms with Crippen molar-refractivity contribution >= 4 is 8.32 Å². The summed E-state index contributed by atoms with van der Waals surface area (Å²) in [7, 11) is -1.62. The van der Waals surface area contributed by atoms with E-state index in [4.69, 9.17) is 4.43 Å². The van der Waals surface area contributed by atoms with E-state index in [9.17, 15) is 0 Å². The SMILES string of the molecule is C=CCC[C@@H](C)[C@@H](CC)O[Si](C)(C)C(C)(C)C. The highest BCUT2D eigenvalue weighted by atomic mass is 28.4. The Morgan fingerprint density at radius 2 is 1.82 bits per heavy atom. The molecule has 0 rings (SSSR count). The van der Waals surface area contributed by atoms with Gasteiger partial charge in [-0.3, -0.25) is 0 Å².